The average Bonchev–Trinajstić information content (AvgIpc) is 3.03. The van der Waals surface area contributed by atoms with E-state index in [1.165, 1.54) is 4.90 Å². The largest absolute Gasteiger partial charge is 0.497 e. The van der Waals surface area contributed by atoms with Gasteiger partial charge < -0.3 is 9.64 Å². The fourth-order valence-electron chi connectivity index (χ4n) is 4.66. The molecule has 5 heteroatoms. The monoisotopic (exact) mass is 432 g/mol. The molecule has 2 aromatic carbocycles. The topological polar surface area (TPSA) is 49.9 Å². The third-order valence-corrected chi connectivity index (χ3v) is 6.68. The standard InChI is InChI=1S/C27H32N2O3/c1-18-11-14-28(15-12-18)25-24(23-10-5-19(2)17-20(23)3)26(30)29(27(25)31)16-13-21-6-8-22(32-4)9-7-21/h5-10,17-18H,11-16H2,1-4H3. The number of carbonyl (C=O) groups is 2. The number of likely N-dealkylation sites (tertiary alicyclic amines) is 1. The maximum absolute atomic E-state index is 13.6. The van der Waals surface area contributed by atoms with Crippen molar-refractivity contribution in [1.82, 2.24) is 9.80 Å². The summed E-state index contributed by atoms with van der Waals surface area (Å²) in [4.78, 5) is 30.7. The Labute approximate surface area is 190 Å². The zero-order valence-electron chi connectivity index (χ0n) is 19.5. The number of piperidine rings is 1. The summed E-state index contributed by atoms with van der Waals surface area (Å²) in [6.07, 6.45) is 2.69. The molecular formula is C27H32N2O3. The Hall–Kier alpha value is -3.08. The van der Waals surface area contributed by atoms with Crippen LogP contribution in [0.4, 0.5) is 0 Å². The second-order valence-electron chi connectivity index (χ2n) is 9.07. The second kappa shape index (κ2) is 9.19. The van der Waals surface area contributed by atoms with Crippen molar-refractivity contribution in [2.45, 2.75) is 40.0 Å². The van der Waals surface area contributed by atoms with Gasteiger partial charge in [0.15, 0.2) is 0 Å². The van der Waals surface area contributed by atoms with Crippen molar-refractivity contribution in [3.8, 4) is 5.75 Å². The minimum atomic E-state index is -0.177. The number of carbonyl (C=O) groups excluding carboxylic acids is 2. The maximum Gasteiger partial charge on any atom is 0.277 e. The number of benzene rings is 2. The molecule has 0 aromatic heterocycles. The first-order valence-corrected chi connectivity index (χ1v) is 11.4. The molecule has 2 aliphatic heterocycles. The fraction of sp³-hybridized carbons (Fsp3) is 0.407. The SMILES string of the molecule is COc1ccc(CCN2C(=O)C(c3ccc(C)cc3C)=C(N3CCC(C)CC3)C2=O)cc1. The third kappa shape index (κ3) is 4.29. The molecule has 1 saturated heterocycles. The van der Waals surface area contributed by atoms with Gasteiger partial charge in [0.1, 0.15) is 11.4 Å². The number of aryl methyl sites for hydroxylation is 2. The van der Waals surface area contributed by atoms with Crippen molar-refractivity contribution in [1.29, 1.82) is 0 Å². The van der Waals surface area contributed by atoms with Crippen molar-refractivity contribution in [3.05, 3.63) is 70.4 Å². The number of ether oxygens (including phenoxy) is 1. The maximum atomic E-state index is 13.6. The molecule has 0 bridgehead atoms. The molecule has 0 unspecified atom stereocenters. The first-order valence-electron chi connectivity index (χ1n) is 11.4. The number of hydrogen-bond donors (Lipinski definition) is 0. The van der Waals surface area contributed by atoms with Crippen molar-refractivity contribution in [2.75, 3.05) is 26.7 Å². The lowest BCUT2D eigenvalue weighted by atomic mass is 9.95. The molecular weight excluding hydrogens is 400 g/mol. The third-order valence-electron chi connectivity index (χ3n) is 6.68. The minimum absolute atomic E-state index is 0.159. The van der Waals surface area contributed by atoms with Crippen LogP contribution in [0.1, 0.15) is 42.0 Å². The molecule has 4 rings (SSSR count). The minimum Gasteiger partial charge on any atom is -0.497 e. The number of imide groups is 1. The van der Waals surface area contributed by atoms with Crippen LogP contribution in [0.25, 0.3) is 5.57 Å². The highest BCUT2D eigenvalue weighted by Crippen LogP contribution is 2.35. The quantitative estimate of drug-likeness (QED) is 0.636. The molecule has 0 atom stereocenters. The Morgan fingerprint density at radius 3 is 2.28 bits per heavy atom. The summed E-state index contributed by atoms with van der Waals surface area (Å²) in [5.41, 5.74) is 5.27. The van der Waals surface area contributed by atoms with Crippen molar-refractivity contribution in [2.24, 2.45) is 5.92 Å². The van der Waals surface area contributed by atoms with Gasteiger partial charge in [-0.15, -0.1) is 0 Å². The zero-order chi connectivity index (χ0) is 22.8. The van der Waals surface area contributed by atoms with Crippen LogP contribution in [-0.2, 0) is 16.0 Å². The summed E-state index contributed by atoms with van der Waals surface area (Å²) < 4.78 is 5.22. The molecule has 0 saturated carbocycles. The first-order chi connectivity index (χ1) is 15.4. The molecule has 2 aromatic rings. The summed E-state index contributed by atoms with van der Waals surface area (Å²) in [5.74, 6) is 1.11. The lowest BCUT2D eigenvalue weighted by molar-refractivity contribution is -0.137. The number of rotatable bonds is 6. The molecule has 0 spiro atoms. The van der Waals surface area contributed by atoms with E-state index in [0.29, 0.717) is 30.2 Å². The zero-order valence-corrected chi connectivity index (χ0v) is 19.5. The molecule has 32 heavy (non-hydrogen) atoms. The lowest BCUT2D eigenvalue weighted by Gasteiger charge is -2.32. The predicted molar refractivity (Wildman–Crippen MR) is 126 cm³/mol. The van der Waals surface area contributed by atoms with Gasteiger partial charge >= 0.3 is 0 Å². The molecule has 2 amide bonds. The van der Waals surface area contributed by atoms with E-state index in [1.54, 1.807) is 7.11 Å². The van der Waals surface area contributed by atoms with Crippen LogP contribution in [0, 0.1) is 19.8 Å². The van der Waals surface area contributed by atoms with E-state index in [4.69, 9.17) is 4.74 Å². The van der Waals surface area contributed by atoms with Crippen LogP contribution in [0.3, 0.4) is 0 Å². The van der Waals surface area contributed by atoms with E-state index in [1.807, 2.05) is 50.2 Å². The van der Waals surface area contributed by atoms with Crippen LogP contribution >= 0.6 is 0 Å². The molecule has 2 heterocycles. The van der Waals surface area contributed by atoms with Gasteiger partial charge in [-0.1, -0.05) is 42.8 Å². The number of methoxy groups -OCH3 is 1. The molecule has 0 N–H and O–H groups in total. The Bertz CT molecular complexity index is 1050. The van der Waals surface area contributed by atoms with E-state index in [0.717, 1.165) is 53.9 Å². The van der Waals surface area contributed by atoms with E-state index in [2.05, 4.69) is 17.9 Å². The van der Waals surface area contributed by atoms with E-state index < -0.39 is 0 Å². The molecule has 0 aliphatic carbocycles. The number of amides is 2. The number of nitrogens with zero attached hydrogens (tertiary/aromatic N) is 2. The van der Waals surface area contributed by atoms with E-state index in [9.17, 15) is 9.59 Å². The van der Waals surface area contributed by atoms with Gasteiger partial charge in [0.2, 0.25) is 0 Å². The van der Waals surface area contributed by atoms with Gasteiger partial charge in [0.25, 0.3) is 11.8 Å². The highest BCUT2D eigenvalue weighted by atomic mass is 16.5. The van der Waals surface area contributed by atoms with E-state index in [-0.39, 0.29) is 11.8 Å². The Balaban J connectivity index is 1.64. The molecule has 5 nitrogen and oxygen atoms in total. The summed E-state index contributed by atoms with van der Waals surface area (Å²) >= 11 is 0. The summed E-state index contributed by atoms with van der Waals surface area (Å²) in [6.45, 7) is 8.31. The summed E-state index contributed by atoms with van der Waals surface area (Å²) in [5, 5.41) is 0. The fourth-order valence-corrected chi connectivity index (χ4v) is 4.66. The molecule has 1 fully saturated rings. The van der Waals surface area contributed by atoms with Gasteiger partial charge in [-0.2, -0.15) is 0 Å². The van der Waals surface area contributed by atoms with Gasteiger partial charge in [-0.05, 0) is 67.9 Å². The predicted octanol–water partition coefficient (Wildman–Crippen LogP) is 4.37. The summed E-state index contributed by atoms with van der Waals surface area (Å²) in [6, 6.07) is 13.9. The lowest BCUT2D eigenvalue weighted by Crippen LogP contribution is -2.39. The normalized spacial score (nSPS) is 17.5. The molecule has 168 valence electrons. The molecule has 0 radical (unpaired) electrons. The Morgan fingerprint density at radius 1 is 0.969 bits per heavy atom. The Morgan fingerprint density at radius 2 is 1.66 bits per heavy atom. The Kier molecular flexibility index (Phi) is 6.35. The number of hydrogen-bond acceptors (Lipinski definition) is 4. The second-order valence-corrected chi connectivity index (χ2v) is 9.07. The van der Waals surface area contributed by atoms with Crippen LogP contribution in [0.15, 0.2) is 48.2 Å². The van der Waals surface area contributed by atoms with Crippen LogP contribution in [-0.4, -0.2) is 48.4 Å². The van der Waals surface area contributed by atoms with Crippen LogP contribution in [0.2, 0.25) is 0 Å². The first kappa shape index (κ1) is 22.1. The van der Waals surface area contributed by atoms with Crippen LogP contribution < -0.4 is 4.74 Å². The van der Waals surface area contributed by atoms with Crippen molar-refractivity contribution in [3.63, 3.8) is 0 Å². The smallest absolute Gasteiger partial charge is 0.277 e. The van der Waals surface area contributed by atoms with Gasteiger partial charge in [0.05, 0.1) is 12.7 Å². The van der Waals surface area contributed by atoms with Crippen molar-refractivity contribution >= 4 is 17.4 Å². The van der Waals surface area contributed by atoms with E-state index >= 15 is 0 Å². The highest BCUT2D eigenvalue weighted by molar-refractivity contribution is 6.35. The molecule has 2 aliphatic rings. The van der Waals surface area contributed by atoms with Crippen LogP contribution in [0.5, 0.6) is 5.75 Å². The van der Waals surface area contributed by atoms with Gasteiger partial charge in [-0.25, -0.2) is 0 Å². The highest BCUT2D eigenvalue weighted by Gasteiger charge is 2.42. The van der Waals surface area contributed by atoms with Gasteiger partial charge in [-0.3, -0.25) is 14.5 Å². The van der Waals surface area contributed by atoms with Gasteiger partial charge in [0, 0.05) is 19.6 Å². The van der Waals surface area contributed by atoms with Crippen molar-refractivity contribution < 1.29 is 14.3 Å². The summed E-state index contributed by atoms with van der Waals surface area (Å²) in [7, 11) is 1.64. The average molecular weight is 433 g/mol.